The summed E-state index contributed by atoms with van der Waals surface area (Å²) in [5.74, 6) is 0.136. The van der Waals surface area contributed by atoms with E-state index in [9.17, 15) is 8.42 Å². The maximum absolute atomic E-state index is 12.5. The lowest BCUT2D eigenvalue weighted by Gasteiger charge is -2.21. The van der Waals surface area contributed by atoms with Gasteiger partial charge >= 0.3 is 0 Å². The zero-order valence-electron chi connectivity index (χ0n) is 11.8. The lowest BCUT2D eigenvalue weighted by molar-refractivity contribution is 0.469. The van der Waals surface area contributed by atoms with Crippen LogP contribution in [0, 0.1) is 17.2 Å². The summed E-state index contributed by atoms with van der Waals surface area (Å²) in [5, 5.41) is 10.7. The van der Waals surface area contributed by atoms with Crippen molar-refractivity contribution in [2.45, 2.75) is 24.8 Å². The molecule has 0 amide bonds. The molecule has 0 saturated heterocycles. The van der Waals surface area contributed by atoms with E-state index in [-0.39, 0.29) is 16.9 Å². The molecule has 0 saturated carbocycles. The van der Waals surface area contributed by atoms with Crippen molar-refractivity contribution >= 4 is 21.4 Å². The van der Waals surface area contributed by atoms with E-state index in [0.717, 1.165) is 4.88 Å². The predicted octanol–water partition coefficient (Wildman–Crippen LogP) is 3.30. The first-order valence-corrected chi connectivity index (χ1v) is 8.86. The third kappa shape index (κ3) is 3.70. The Morgan fingerprint density at radius 3 is 2.33 bits per heavy atom. The predicted molar refractivity (Wildman–Crippen MR) is 83.4 cm³/mol. The van der Waals surface area contributed by atoms with Crippen LogP contribution >= 0.6 is 11.3 Å². The fraction of sp³-hybridized carbons (Fsp3) is 0.267. The van der Waals surface area contributed by atoms with Crippen molar-refractivity contribution in [1.29, 1.82) is 5.26 Å². The number of benzene rings is 1. The van der Waals surface area contributed by atoms with E-state index in [2.05, 4.69) is 4.72 Å². The van der Waals surface area contributed by atoms with Crippen LogP contribution in [-0.2, 0) is 10.0 Å². The van der Waals surface area contributed by atoms with Gasteiger partial charge in [-0.25, -0.2) is 13.1 Å². The Balaban J connectivity index is 2.28. The van der Waals surface area contributed by atoms with E-state index >= 15 is 0 Å². The molecule has 2 rings (SSSR count). The number of thiophene rings is 1. The SMILES string of the molecule is CC(C)C(NS(=O)(=O)c1ccc(C#N)cc1)c1cccs1. The van der Waals surface area contributed by atoms with Crippen LogP contribution < -0.4 is 4.72 Å². The minimum Gasteiger partial charge on any atom is -0.207 e. The molecule has 1 atom stereocenters. The zero-order chi connectivity index (χ0) is 15.5. The molecule has 21 heavy (non-hydrogen) atoms. The number of nitrogens with one attached hydrogen (secondary N) is 1. The van der Waals surface area contributed by atoms with Gasteiger partial charge in [0.25, 0.3) is 0 Å². The molecule has 110 valence electrons. The Morgan fingerprint density at radius 1 is 1.19 bits per heavy atom. The van der Waals surface area contributed by atoms with Crippen LogP contribution in [0.1, 0.15) is 30.3 Å². The maximum Gasteiger partial charge on any atom is 0.241 e. The second kappa shape index (κ2) is 6.39. The number of rotatable bonds is 5. The molecule has 1 heterocycles. The van der Waals surface area contributed by atoms with Gasteiger partial charge in [-0.05, 0) is 41.6 Å². The topological polar surface area (TPSA) is 70.0 Å². The van der Waals surface area contributed by atoms with E-state index in [1.807, 2.05) is 37.4 Å². The Hall–Kier alpha value is -1.68. The van der Waals surface area contributed by atoms with Gasteiger partial charge in [0.2, 0.25) is 10.0 Å². The standard InChI is InChI=1S/C15H16N2O2S2/c1-11(2)15(14-4-3-9-20-14)17-21(18,19)13-7-5-12(10-16)6-8-13/h3-9,11,15,17H,1-2H3. The molecule has 1 aromatic carbocycles. The van der Waals surface area contributed by atoms with Gasteiger partial charge in [-0.1, -0.05) is 19.9 Å². The average molecular weight is 320 g/mol. The maximum atomic E-state index is 12.5. The number of nitriles is 1. The van der Waals surface area contributed by atoms with Crippen molar-refractivity contribution in [1.82, 2.24) is 4.72 Å². The fourth-order valence-electron chi connectivity index (χ4n) is 1.93. The van der Waals surface area contributed by atoms with Crippen LogP contribution in [0.5, 0.6) is 0 Å². The Kier molecular flexibility index (Phi) is 4.78. The number of hydrogen-bond donors (Lipinski definition) is 1. The van der Waals surface area contributed by atoms with Crippen LogP contribution in [0.3, 0.4) is 0 Å². The second-order valence-electron chi connectivity index (χ2n) is 4.99. The van der Waals surface area contributed by atoms with E-state index in [0.29, 0.717) is 5.56 Å². The summed E-state index contributed by atoms with van der Waals surface area (Å²) in [5.41, 5.74) is 0.438. The molecule has 1 aromatic heterocycles. The molecule has 0 aliphatic rings. The van der Waals surface area contributed by atoms with Crippen LogP contribution in [0.4, 0.5) is 0 Å². The highest BCUT2D eigenvalue weighted by atomic mass is 32.2. The van der Waals surface area contributed by atoms with Crippen LogP contribution in [0.2, 0.25) is 0 Å². The molecule has 1 unspecified atom stereocenters. The molecule has 2 aromatic rings. The summed E-state index contributed by atoms with van der Waals surface area (Å²) in [6.45, 7) is 3.96. The number of nitrogens with zero attached hydrogens (tertiary/aromatic N) is 1. The summed E-state index contributed by atoms with van der Waals surface area (Å²) < 4.78 is 27.7. The third-order valence-corrected chi connectivity index (χ3v) is 5.50. The first-order valence-electron chi connectivity index (χ1n) is 6.50. The zero-order valence-corrected chi connectivity index (χ0v) is 13.4. The Labute approximate surface area is 129 Å². The fourth-order valence-corrected chi connectivity index (χ4v) is 4.32. The van der Waals surface area contributed by atoms with E-state index in [4.69, 9.17) is 5.26 Å². The van der Waals surface area contributed by atoms with E-state index in [1.165, 1.54) is 35.6 Å². The van der Waals surface area contributed by atoms with Crippen LogP contribution in [0.15, 0.2) is 46.7 Å². The average Bonchev–Trinajstić information content (AvgIpc) is 2.98. The highest BCUT2D eigenvalue weighted by molar-refractivity contribution is 7.89. The Bertz CT molecular complexity index is 727. The highest BCUT2D eigenvalue weighted by Gasteiger charge is 2.24. The van der Waals surface area contributed by atoms with Gasteiger partial charge in [-0.2, -0.15) is 5.26 Å². The first-order chi connectivity index (χ1) is 9.94. The summed E-state index contributed by atoms with van der Waals surface area (Å²) in [6.07, 6.45) is 0. The van der Waals surface area contributed by atoms with Gasteiger partial charge in [-0.3, -0.25) is 0 Å². The van der Waals surface area contributed by atoms with Gasteiger partial charge in [0.05, 0.1) is 22.6 Å². The van der Waals surface area contributed by atoms with E-state index < -0.39 is 10.0 Å². The normalized spacial score (nSPS) is 13.0. The van der Waals surface area contributed by atoms with Gasteiger partial charge in [0.15, 0.2) is 0 Å². The number of hydrogen-bond acceptors (Lipinski definition) is 4. The second-order valence-corrected chi connectivity index (χ2v) is 7.69. The summed E-state index contributed by atoms with van der Waals surface area (Å²) in [7, 11) is -3.61. The smallest absolute Gasteiger partial charge is 0.207 e. The lowest BCUT2D eigenvalue weighted by Crippen LogP contribution is -2.31. The number of sulfonamides is 1. The summed E-state index contributed by atoms with van der Waals surface area (Å²) in [6, 6.07) is 11.5. The van der Waals surface area contributed by atoms with Crippen molar-refractivity contribution in [3.63, 3.8) is 0 Å². The molecular formula is C15H16N2O2S2. The van der Waals surface area contributed by atoms with Crippen molar-refractivity contribution in [2.24, 2.45) is 5.92 Å². The summed E-state index contributed by atoms with van der Waals surface area (Å²) >= 11 is 1.53. The van der Waals surface area contributed by atoms with Gasteiger partial charge in [0.1, 0.15) is 0 Å². The minimum atomic E-state index is -3.61. The van der Waals surface area contributed by atoms with Crippen molar-refractivity contribution in [3.8, 4) is 6.07 Å². The highest BCUT2D eigenvalue weighted by Crippen LogP contribution is 2.27. The van der Waals surface area contributed by atoms with Crippen LogP contribution in [-0.4, -0.2) is 8.42 Å². The van der Waals surface area contributed by atoms with Crippen molar-refractivity contribution in [2.75, 3.05) is 0 Å². The van der Waals surface area contributed by atoms with Crippen molar-refractivity contribution < 1.29 is 8.42 Å². The minimum absolute atomic E-state index is 0.136. The molecule has 1 N–H and O–H groups in total. The summed E-state index contributed by atoms with van der Waals surface area (Å²) in [4.78, 5) is 1.16. The van der Waals surface area contributed by atoms with Gasteiger partial charge in [-0.15, -0.1) is 11.3 Å². The molecule has 0 aliphatic heterocycles. The molecule has 4 nitrogen and oxygen atoms in total. The molecule has 0 bridgehead atoms. The molecule has 0 aliphatic carbocycles. The first kappa shape index (κ1) is 15.7. The lowest BCUT2D eigenvalue weighted by atomic mass is 10.0. The third-order valence-electron chi connectivity index (χ3n) is 3.09. The molecule has 0 spiro atoms. The monoisotopic (exact) mass is 320 g/mol. The van der Waals surface area contributed by atoms with Gasteiger partial charge in [0, 0.05) is 4.88 Å². The molecule has 0 radical (unpaired) electrons. The van der Waals surface area contributed by atoms with Gasteiger partial charge < -0.3 is 0 Å². The van der Waals surface area contributed by atoms with Crippen molar-refractivity contribution in [3.05, 3.63) is 52.2 Å². The molecule has 0 fully saturated rings. The largest absolute Gasteiger partial charge is 0.241 e. The Morgan fingerprint density at radius 2 is 1.86 bits per heavy atom. The van der Waals surface area contributed by atoms with Crippen LogP contribution in [0.25, 0.3) is 0 Å². The molecule has 6 heteroatoms. The quantitative estimate of drug-likeness (QED) is 0.919. The van der Waals surface area contributed by atoms with E-state index in [1.54, 1.807) is 0 Å². The molecular weight excluding hydrogens is 304 g/mol.